The Hall–Kier alpha value is -3.84. The van der Waals surface area contributed by atoms with E-state index < -0.39 is 0 Å². The topological polar surface area (TPSA) is 81.9 Å². The van der Waals surface area contributed by atoms with Crippen LogP contribution in [-0.4, -0.2) is 21.9 Å². The van der Waals surface area contributed by atoms with Crippen LogP contribution in [0.5, 0.6) is 11.5 Å². The fourth-order valence-corrected chi connectivity index (χ4v) is 3.17. The number of ether oxygens (including phenoxy) is 2. The van der Waals surface area contributed by atoms with Gasteiger partial charge in [-0.1, -0.05) is 23.7 Å². The second-order valence-corrected chi connectivity index (χ2v) is 7.53. The molecule has 8 heteroatoms. The number of aryl methyl sites for hydroxylation is 1. The molecular weight excluding hydrogens is 430 g/mol. The van der Waals surface area contributed by atoms with E-state index in [9.17, 15) is 9.59 Å². The van der Waals surface area contributed by atoms with Crippen LogP contribution in [0.2, 0.25) is 5.02 Å². The highest BCUT2D eigenvalue weighted by molar-refractivity contribution is 6.30. The van der Waals surface area contributed by atoms with Crippen molar-refractivity contribution in [3.8, 4) is 11.5 Å². The van der Waals surface area contributed by atoms with Crippen molar-refractivity contribution in [2.75, 3.05) is 11.9 Å². The third-order valence-corrected chi connectivity index (χ3v) is 4.85. The summed E-state index contributed by atoms with van der Waals surface area (Å²) in [5.74, 6) is 0.658. The second kappa shape index (κ2) is 9.53. The van der Waals surface area contributed by atoms with Crippen molar-refractivity contribution >= 4 is 28.8 Å². The number of para-hydroxylation sites is 2. The molecule has 1 N–H and O–H groups in total. The number of aromatic nitrogens is 2. The lowest BCUT2D eigenvalue weighted by molar-refractivity contribution is -0.118. The maximum Gasteiger partial charge on any atom is 0.262 e. The van der Waals surface area contributed by atoms with Crippen molar-refractivity contribution in [3.05, 3.63) is 99.6 Å². The molecule has 2 aromatic carbocycles. The number of hydrogen-bond donors (Lipinski definition) is 1. The van der Waals surface area contributed by atoms with Crippen molar-refractivity contribution in [2.45, 2.75) is 13.5 Å². The van der Waals surface area contributed by atoms with Crippen molar-refractivity contribution < 1.29 is 14.3 Å². The van der Waals surface area contributed by atoms with Gasteiger partial charge in [0.05, 0.1) is 11.4 Å². The first-order valence-electron chi connectivity index (χ1n) is 9.87. The molecule has 0 unspecified atom stereocenters. The Morgan fingerprint density at radius 1 is 1.06 bits per heavy atom. The average Bonchev–Trinajstić information content (AvgIpc) is 2.78. The molecule has 0 atom stereocenters. The van der Waals surface area contributed by atoms with Gasteiger partial charge < -0.3 is 14.8 Å². The van der Waals surface area contributed by atoms with Crippen LogP contribution >= 0.6 is 11.6 Å². The minimum absolute atomic E-state index is 0.0772. The Balaban J connectivity index is 1.42. The van der Waals surface area contributed by atoms with Crippen LogP contribution in [0.15, 0.2) is 77.7 Å². The average molecular weight is 450 g/mol. The number of rotatable bonds is 7. The summed E-state index contributed by atoms with van der Waals surface area (Å²) < 4.78 is 12.8. The lowest BCUT2D eigenvalue weighted by Crippen LogP contribution is -2.20. The van der Waals surface area contributed by atoms with Crippen LogP contribution in [0, 0.1) is 6.92 Å². The van der Waals surface area contributed by atoms with E-state index >= 15 is 0 Å². The number of hydrogen-bond acceptors (Lipinski definition) is 5. The van der Waals surface area contributed by atoms with Crippen LogP contribution in [0.1, 0.15) is 11.3 Å². The molecule has 0 bridgehead atoms. The highest BCUT2D eigenvalue weighted by Gasteiger charge is 2.10. The molecule has 2 aromatic heterocycles. The first-order chi connectivity index (χ1) is 15.5. The van der Waals surface area contributed by atoms with E-state index in [1.807, 2.05) is 19.1 Å². The van der Waals surface area contributed by atoms with Gasteiger partial charge in [-0.15, -0.1) is 0 Å². The fourth-order valence-electron chi connectivity index (χ4n) is 3.04. The highest BCUT2D eigenvalue weighted by atomic mass is 35.5. The van der Waals surface area contributed by atoms with Crippen molar-refractivity contribution in [2.24, 2.45) is 0 Å². The summed E-state index contributed by atoms with van der Waals surface area (Å²) in [4.78, 5) is 29.2. The van der Waals surface area contributed by atoms with E-state index in [1.165, 1.54) is 10.5 Å². The molecular formula is C24H20ClN3O4. The minimum Gasteiger partial charge on any atom is -0.485 e. The zero-order valence-electron chi connectivity index (χ0n) is 17.2. The predicted octanol–water partition coefficient (Wildman–Crippen LogP) is 4.25. The van der Waals surface area contributed by atoms with Gasteiger partial charge in [0.25, 0.3) is 11.5 Å². The molecule has 0 aliphatic heterocycles. The lowest BCUT2D eigenvalue weighted by Gasteiger charge is -2.13. The maximum atomic E-state index is 12.3. The number of nitrogens with one attached hydrogen (secondary N) is 1. The summed E-state index contributed by atoms with van der Waals surface area (Å²) >= 11 is 5.85. The van der Waals surface area contributed by atoms with Gasteiger partial charge in [-0.05, 0) is 61.0 Å². The molecule has 0 aliphatic carbocycles. The first kappa shape index (κ1) is 21.4. The van der Waals surface area contributed by atoms with E-state index in [-0.39, 0.29) is 24.7 Å². The monoisotopic (exact) mass is 449 g/mol. The number of anilines is 1. The molecule has 7 nitrogen and oxygen atoms in total. The SMILES string of the molecule is Cc1ccn2c(=O)cc(COc3ccccc3NC(=O)COc3ccc(Cl)cc3)nc2c1. The van der Waals surface area contributed by atoms with Crippen LogP contribution in [0.4, 0.5) is 5.69 Å². The smallest absolute Gasteiger partial charge is 0.262 e. The zero-order chi connectivity index (χ0) is 22.5. The Morgan fingerprint density at radius 3 is 2.66 bits per heavy atom. The van der Waals surface area contributed by atoms with Crippen molar-refractivity contribution in [1.29, 1.82) is 0 Å². The summed E-state index contributed by atoms with van der Waals surface area (Å²) in [6.45, 7) is 1.84. The number of carbonyl (C=O) groups excluding carboxylic acids is 1. The molecule has 0 aliphatic rings. The van der Waals surface area contributed by atoms with Gasteiger partial charge in [-0.2, -0.15) is 0 Å². The van der Waals surface area contributed by atoms with Gasteiger partial charge >= 0.3 is 0 Å². The number of halogens is 1. The quantitative estimate of drug-likeness (QED) is 0.456. The van der Waals surface area contributed by atoms with E-state index in [2.05, 4.69) is 10.3 Å². The van der Waals surface area contributed by atoms with Gasteiger partial charge in [0.1, 0.15) is 23.8 Å². The zero-order valence-corrected chi connectivity index (χ0v) is 18.0. The number of pyridine rings is 1. The molecule has 32 heavy (non-hydrogen) atoms. The van der Waals surface area contributed by atoms with E-state index in [0.29, 0.717) is 33.6 Å². The first-order valence-corrected chi connectivity index (χ1v) is 10.2. The standard InChI is InChI=1S/C24H20ClN3O4/c1-16-10-11-28-22(12-16)26-18(13-24(28)30)14-32-21-5-3-2-4-20(21)27-23(29)15-31-19-8-6-17(25)7-9-19/h2-13H,14-15H2,1H3,(H,27,29). The second-order valence-electron chi connectivity index (χ2n) is 7.09. The summed E-state index contributed by atoms with van der Waals surface area (Å²) in [5.41, 5.74) is 2.36. The maximum absolute atomic E-state index is 12.3. The van der Waals surface area contributed by atoms with Gasteiger partial charge in [-0.25, -0.2) is 4.98 Å². The number of nitrogens with zero attached hydrogens (tertiary/aromatic N) is 2. The molecule has 0 spiro atoms. The van der Waals surface area contributed by atoms with E-state index in [0.717, 1.165) is 5.56 Å². The van der Waals surface area contributed by atoms with E-state index in [4.69, 9.17) is 21.1 Å². The molecule has 2 heterocycles. The van der Waals surface area contributed by atoms with Gasteiger partial charge in [0.2, 0.25) is 0 Å². The van der Waals surface area contributed by atoms with E-state index in [1.54, 1.807) is 54.7 Å². The molecule has 0 saturated carbocycles. The number of fused-ring (bicyclic) bond motifs is 1. The van der Waals surface area contributed by atoms with Crippen LogP contribution in [-0.2, 0) is 11.4 Å². The molecule has 4 rings (SSSR count). The summed E-state index contributed by atoms with van der Waals surface area (Å²) in [6.07, 6.45) is 1.70. The number of carbonyl (C=O) groups is 1. The van der Waals surface area contributed by atoms with Crippen LogP contribution in [0.3, 0.4) is 0 Å². The third kappa shape index (κ3) is 5.25. The highest BCUT2D eigenvalue weighted by Crippen LogP contribution is 2.24. The largest absolute Gasteiger partial charge is 0.485 e. The molecule has 0 saturated heterocycles. The Labute approximate surface area is 189 Å². The molecule has 0 fully saturated rings. The normalized spacial score (nSPS) is 10.7. The molecule has 4 aromatic rings. The lowest BCUT2D eigenvalue weighted by atomic mass is 10.3. The fraction of sp³-hybridized carbons (Fsp3) is 0.125. The Morgan fingerprint density at radius 2 is 1.84 bits per heavy atom. The predicted molar refractivity (Wildman–Crippen MR) is 123 cm³/mol. The van der Waals surface area contributed by atoms with Gasteiger partial charge in [0, 0.05) is 17.3 Å². The summed E-state index contributed by atoms with van der Waals surface area (Å²) in [7, 11) is 0. The van der Waals surface area contributed by atoms with Crippen LogP contribution < -0.4 is 20.3 Å². The van der Waals surface area contributed by atoms with Gasteiger partial charge in [-0.3, -0.25) is 14.0 Å². The Kier molecular flexibility index (Phi) is 6.37. The molecule has 1 amide bonds. The molecule has 162 valence electrons. The Bertz CT molecular complexity index is 1320. The van der Waals surface area contributed by atoms with Crippen molar-refractivity contribution in [3.63, 3.8) is 0 Å². The van der Waals surface area contributed by atoms with Crippen molar-refractivity contribution in [1.82, 2.24) is 9.38 Å². The molecule has 0 radical (unpaired) electrons. The van der Waals surface area contributed by atoms with Gasteiger partial charge in [0.15, 0.2) is 6.61 Å². The summed E-state index contributed by atoms with van der Waals surface area (Å²) in [5, 5.41) is 3.37. The minimum atomic E-state index is -0.339. The number of amides is 1. The number of benzene rings is 2. The van der Waals surface area contributed by atoms with Crippen LogP contribution in [0.25, 0.3) is 5.65 Å². The third-order valence-electron chi connectivity index (χ3n) is 4.60. The summed E-state index contributed by atoms with van der Waals surface area (Å²) in [6, 6.07) is 18.9.